The molecule has 142 valence electrons. The van der Waals surface area contributed by atoms with E-state index in [1.807, 2.05) is 61.5 Å². The van der Waals surface area contributed by atoms with Gasteiger partial charge in [-0.15, -0.1) is 11.8 Å². The number of amides is 2. The topological polar surface area (TPSA) is 58.2 Å². The van der Waals surface area contributed by atoms with Crippen molar-refractivity contribution < 1.29 is 9.59 Å². The Kier molecular flexibility index (Phi) is 6.93. The smallest absolute Gasteiger partial charge is 0.237 e. The summed E-state index contributed by atoms with van der Waals surface area (Å²) < 4.78 is 0. The number of rotatable bonds is 6. The van der Waals surface area contributed by atoms with Crippen LogP contribution < -0.4 is 10.6 Å². The summed E-state index contributed by atoms with van der Waals surface area (Å²) in [5.74, 6) is 0.251. The lowest BCUT2D eigenvalue weighted by molar-refractivity contribution is -0.120. The number of nitrogens with one attached hydrogen (secondary N) is 2. The molecule has 5 heteroatoms. The van der Waals surface area contributed by atoms with Crippen LogP contribution in [0.2, 0.25) is 0 Å². The molecule has 0 spiro atoms. The van der Waals surface area contributed by atoms with E-state index >= 15 is 0 Å². The van der Waals surface area contributed by atoms with E-state index in [4.69, 9.17) is 0 Å². The zero-order chi connectivity index (χ0) is 19.1. The number of carbonyl (C=O) groups is 2. The van der Waals surface area contributed by atoms with Gasteiger partial charge >= 0.3 is 0 Å². The van der Waals surface area contributed by atoms with Crippen LogP contribution in [-0.4, -0.2) is 17.1 Å². The fourth-order valence-corrected chi connectivity index (χ4v) is 4.12. The van der Waals surface area contributed by atoms with Crippen molar-refractivity contribution in [1.82, 2.24) is 0 Å². The zero-order valence-corrected chi connectivity index (χ0v) is 16.4. The molecule has 1 fully saturated rings. The van der Waals surface area contributed by atoms with Gasteiger partial charge in [0.05, 0.1) is 5.25 Å². The van der Waals surface area contributed by atoms with Crippen molar-refractivity contribution in [2.75, 3.05) is 10.6 Å². The van der Waals surface area contributed by atoms with Crippen LogP contribution in [0.1, 0.15) is 39.0 Å². The highest BCUT2D eigenvalue weighted by atomic mass is 32.2. The second kappa shape index (κ2) is 9.60. The Morgan fingerprint density at radius 2 is 1.52 bits per heavy atom. The average Bonchev–Trinajstić information content (AvgIpc) is 2.71. The molecule has 2 aromatic carbocycles. The predicted octanol–water partition coefficient (Wildman–Crippen LogP) is 5.32. The second-order valence-corrected chi connectivity index (χ2v) is 8.38. The van der Waals surface area contributed by atoms with E-state index in [2.05, 4.69) is 10.6 Å². The summed E-state index contributed by atoms with van der Waals surface area (Å²) in [6.45, 7) is 1.89. The minimum atomic E-state index is -0.215. The summed E-state index contributed by atoms with van der Waals surface area (Å²) in [5.41, 5.74) is 1.62. The highest BCUT2D eigenvalue weighted by Crippen LogP contribution is 2.27. The van der Waals surface area contributed by atoms with Gasteiger partial charge in [0.1, 0.15) is 0 Å². The van der Waals surface area contributed by atoms with Crippen LogP contribution in [0.15, 0.2) is 59.5 Å². The maximum atomic E-state index is 12.3. The van der Waals surface area contributed by atoms with Crippen molar-refractivity contribution in [3.05, 3.63) is 54.6 Å². The van der Waals surface area contributed by atoms with Crippen LogP contribution in [0.3, 0.4) is 0 Å². The standard InChI is InChI=1S/C22H26N2O2S/c1-16(21(25)23-18-10-6-3-7-11-18)27-20-14-12-19(13-15-20)24-22(26)17-8-4-2-5-9-17/h3,6-7,10-17H,2,4-5,8-9H2,1H3,(H,23,25)(H,24,26). The second-order valence-electron chi connectivity index (χ2n) is 6.96. The van der Waals surface area contributed by atoms with E-state index in [1.54, 1.807) is 0 Å². The van der Waals surface area contributed by atoms with Crippen LogP contribution in [0.5, 0.6) is 0 Å². The molecule has 1 saturated carbocycles. The van der Waals surface area contributed by atoms with Gasteiger partial charge in [0.15, 0.2) is 0 Å². The fraction of sp³-hybridized carbons (Fsp3) is 0.364. The van der Waals surface area contributed by atoms with Crippen LogP contribution >= 0.6 is 11.8 Å². The van der Waals surface area contributed by atoms with Crippen molar-refractivity contribution in [2.45, 2.75) is 49.2 Å². The molecule has 4 nitrogen and oxygen atoms in total. The largest absolute Gasteiger partial charge is 0.326 e. The number of hydrogen-bond acceptors (Lipinski definition) is 3. The Morgan fingerprint density at radius 3 is 2.19 bits per heavy atom. The minimum Gasteiger partial charge on any atom is -0.326 e. The summed E-state index contributed by atoms with van der Waals surface area (Å²) in [4.78, 5) is 25.6. The number of carbonyl (C=O) groups excluding carboxylic acids is 2. The quantitative estimate of drug-likeness (QED) is 0.664. The number of hydrogen-bond donors (Lipinski definition) is 2. The lowest BCUT2D eigenvalue weighted by Crippen LogP contribution is -2.24. The molecule has 0 radical (unpaired) electrons. The summed E-state index contributed by atoms with van der Waals surface area (Å²) in [5, 5.41) is 5.72. The minimum absolute atomic E-state index is 0.0270. The predicted molar refractivity (Wildman–Crippen MR) is 112 cm³/mol. The van der Waals surface area contributed by atoms with Crippen molar-refractivity contribution in [3.63, 3.8) is 0 Å². The third-order valence-electron chi connectivity index (χ3n) is 4.82. The van der Waals surface area contributed by atoms with Crippen LogP contribution in [0, 0.1) is 5.92 Å². The van der Waals surface area contributed by atoms with E-state index in [1.165, 1.54) is 18.2 Å². The van der Waals surface area contributed by atoms with Crippen LogP contribution in [0.25, 0.3) is 0 Å². The molecule has 27 heavy (non-hydrogen) atoms. The van der Waals surface area contributed by atoms with Gasteiger partial charge in [0, 0.05) is 22.2 Å². The van der Waals surface area contributed by atoms with Gasteiger partial charge in [0.25, 0.3) is 0 Å². The molecule has 1 aliphatic rings. The van der Waals surface area contributed by atoms with Crippen molar-refractivity contribution in [2.24, 2.45) is 5.92 Å². The molecular formula is C22H26N2O2S. The molecule has 0 saturated heterocycles. The summed E-state index contributed by atoms with van der Waals surface area (Å²) in [6.07, 6.45) is 5.53. The van der Waals surface area contributed by atoms with E-state index in [9.17, 15) is 9.59 Å². The van der Waals surface area contributed by atoms with Gasteiger partial charge in [-0.1, -0.05) is 37.5 Å². The monoisotopic (exact) mass is 382 g/mol. The maximum Gasteiger partial charge on any atom is 0.237 e. The molecule has 1 atom stereocenters. The SMILES string of the molecule is CC(Sc1ccc(NC(=O)C2CCCCC2)cc1)C(=O)Nc1ccccc1. The molecule has 2 N–H and O–H groups in total. The van der Waals surface area contributed by atoms with E-state index in [-0.39, 0.29) is 23.0 Å². The normalized spacial score (nSPS) is 15.7. The average molecular weight is 383 g/mol. The Balaban J connectivity index is 1.50. The highest BCUT2D eigenvalue weighted by Gasteiger charge is 2.21. The first kappa shape index (κ1) is 19.5. The Labute approximate surface area is 165 Å². The van der Waals surface area contributed by atoms with Crippen molar-refractivity contribution in [3.8, 4) is 0 Å². The van der Waals surface area contributed by atoms with Gasteiger partial charge in [-0.25, -0.2) is 0 Å². The number of anilines is 2. The number of para-hydroxylation sites is 1. The molecule has 1 aliphatic carbocycles. The molecule has 0 heterocycles. The van der Waals surface area contributed by atoms with Gasteiger partial charge in [-0.05, 0) is 56.2 Å². The maximum absolute atomic E-state index is 12.3. The molecule has 0 aromatic heterocycles. The van der Waals surface area contributed by atoms with E-state index in [0.717, 1.165) is 42.0 Å². The number of thioether (sulfide) groups is 1. The van der Waals surface area contributed by atoms with Crippen LogP contribution in [-0.2, 0) is 9.59 Å². The lowest BCUT2D eigenvalue weighted by Gasteiger charge is -2.20. The first-order valence-corrected chi connectivity index (χ1v) is 10.4. The van der Waals surface area contributed by atoms with Crippen LogP contribution in [0.4, 0.5) is 11.4 Å². The molecule has 1 unspecified atom stereocenters. The van der Waals surface area contributed by atoms with Crippen molar-refractivity contribution in [1.29, 1.82) is 0 Å². The first-order chi connectivity index (χ1) is 13.1. The molecule has 0 bridgehead atoms. The third-order valence-corrected chi connectivity index (χ3v) is 5.93. The molecule has 0 aliphatic heterocycles. The van der Waals surface area contributed by atoms with Gasteiger partial charge in [0.2, 0.25) is 11.8 Å². The summed E-state index contributed by atoms with van der Waals surface area (Å²) in [6, 6.07) is 17.2. The number of benzene rings is 2. The molecule has 2 amide bonds. The van der Waals surface area contributed by atoms with E-state index in [0.29, 0.717) is 0 Å². The highest BCUT2D eigenvalue weighted by molar-refractivity contribution is 8.00. The Morgan fingerprint density at radius 1 is 0.889 bits per heavy atom. The van der Waals surface area contributed by atoms with Gasteiger partial charge < -0.3 is 10.6 Å². The Hall–Kier alpha value is -2.27. The summed E-state index contributed by atoms with van der Waals surface area (Å²) in [7, 11) is 0. The molecule has 3 rings (SSSR count). The van der Waals surface area contributed by atoms with E-state index < -0.39 is 0 Å². The third kappa shape index (κ3) is 5.86. The fourth-order valence-electron chi connectivity index (χ4n) is 3.25. The molecular weight excluding hydrogens is 356 g/mol. The Bertz CT molecular complexity index is 756. The zero-order valence-electron chi connectivity index (χ0n) is 15.6. The van der Waals surface area contributed by atoms with Crippen molar-refractivity contribution >= 4 is 35.0 Å². The van der Waals surface area contributed by atoms with Gasteiger partial charge in [-0.3, -0.25) is 9.59 Å². The summed E-state index contributed by atoms with van der Waals surface area (Å²) >= 11 is 1.50. The lowest BCUT2D eigenvalue weighted by atomic mass is 9.88. The van der Waals surface area contributed by atoms with Gasteiger partial charge in [-0.2, -0.15) is 0 Å². The first-order valence-electron chi connectivity index (χ1n) is 9.55. The molecule has 2 aromatic rings.